The molecule has 0 aliphatic heterocycles. The molecule has 0 heterocycles. The number of nitrogens with zero attached hydrogens (tertiary/aromatic N) is 1. The minimum atomic E-state index is -0.0998. The van der Waals surface area contributed by atoms with Crippen LogP contribution in [-0.2, 0) is 9.59 Å². The summed E-state index contributed by atoms with van der Waals surface area (Å²) in [6, 6.07) is 6.93. The average molecular weight is 264 g/mol. The van der Waals surface area contributed by atoms with Gasteiger partial charge in [0.1, 0.15) is 5.75 Å². The number of rotatable bonds is 5. The van der Waals surface area contributed by atoms with Gasteiger partial charge in [0.25, 0.3) is 5.91 Å². The normalized spacial score (nSPS) is 10.2. The van der Waals surface area contributed by atoms with Crippen LogP contribution in [0.4, 0.5) is 5.69 Å². The van der Waals surface area contributed by atoms with Crippen molar-refractivity contribution >= 4 is 17.5 Å². The molecule has 2 amide bonds. The Hall–Kier alpha value is -2.04. The maximum atomic E-state index is 11.5. The van der Waals surface area contributed by atoms with Crippen molar-refractivity contribution in [3.8, 4) is 5.75 Å². The molecule has 0 bridgehead atoms. The monoisotopic (exact) mass is 264 g/mol. The van der Waals surface area contributed by atoms with Gasteiger partial charge >= 0.3 is 0 Å². The average Bonchev–Trinajstić information content (AvgIpc) is 2.37. The summed E-state index contributed by atoms with van der Waals surface area (Å²) in [6.45, 7) is 3.67. The lowest BCUT2D eigenvalue weighted by Crippen LogP contribution is -2.27. The third-order valence-electron chi connectivity index (χ3n) is 2.51. The van der Waals surface area contributed by atoms with Crippen LogP contribution in [0.2, 0.25) is 0 Å². The number of hydrogen-bond donors (Lipinski definition) is 1. The van der Waals surface area contributed by atoms with Gasteiger partial charge in [-0.25, -0.2) is 0 Å². The Labute approximate surface area is 113 Å². The zero-order valence-electron chi connectivity index (χ0n) is 11.8. The van der Waals surface area contributed by atoms with E-state index in [2.05, 4.69) is 5.32 Å². The molecule has 104 valence electrons. The first kappa shape index (κ1) is 15.0. The van der Waals surface area contributed by atoms with E-state index in [4.69, 9.17) is 4.74 Å². The van der Waals surface area contributed by atoms with Gasteiger partial charge in [0.05, 0.1) is 0 Å². The molecule has 0 spiro atoms. The number of hydrogen-bond acceptors (Lipinski definition) is 3. The smallest absolute Gasteiger partial charge is 0.259 e. The molecule has 0 aliphatic rings. The molecular weight excluding hydrogens is 244 g/mol. The largest absolute Gasteiger partial charge is 0.484 e. The van der Waals surface area contributed by atoms with Gasteiger partial charge in [-0.05, 0) is 24.3 Å². The van der Waals surface area contributed by atoms with Crippen molar-refractivity contribution in [1.82, 2.24) is 4.90 Å². The first-order chi connectivity index (χ1) is 8.90. The third kappa shape index (κ3) is 4.99. The molecule has 0 aromatic heterocycles. The lowest BCUT2D eigenvalue weighted by molar-refractivity contribution is -0.130. The van der Waals surface area contributed by atoms with Crippen molar-refractivity contribution in [2.24, 2.45) is 5.92 Å². The number of nitrogens with one attached hydrogen (secondary N) is 1. The number of carbonyl (C=O) groups is 2. The fourth-order valence-electron chi connectivity index (χ4n) is 1.20. The molecule has 0 unspecified atom stereocenters. The minimum absolute atomic E-state index is 0.00466. The number of anilines is 1. The van der Waals surface area contributed by atoms with Crippen LogP contribution in [0.15, 0.2) is 24.3 Å². The number of likely N-dealkylation sites (N-methyl/N-ethyl adjacent to an activating group) is 1. The van der Waals surface area contributed by atoms with Gasteiger partial charge in [0, 0.05) is 25.7 Å². The molecule has 19 heavy (non-hydrogen) atoms. The second kappa shape index (κ2) is 6.78. The fourth-order valence-corrected chi connectivity index (χ4v) is 1.20. The molecule has 1 rings (SSSR count). The summed E-state index contributed by atoms with van der Waals surface area (Å²) in [6.07, 6.45) is 0. The Morgan fingerprint density at radius 2 is 1.79 bits per heavy atom. The summed E-state index contributed by atoms with van der Waals surface area (Å²) in [5.74, 6) is 0.403. The van der Waals surface area contributed by atoms with E-state index >= 15 is 0 Å². The summed E-state index contributed by atoms with van der Waals surface area (Å²) >= 11 is 0. The highest BCUT2D eigenvalue weighted by Gasteiger charge is 2.07. The van der Waals surface area contributed by atoms with Crippen molar-refractivity contribution in [2.45, 2.75) is 13.8 Å². The minimum Gasteiger partial charge on any atom is -0.484 e. The van der Waals surface area contributed by atoms with Gasteiger partial charge in [0.15, 0.2) is 6.61 Å². The van der Waals surface area contributed by atoms with Crippen LogP contribution in [-0.4, -0.2) is 37.4 Å². The Morgan fingerprint density at radius 3 is 2.26 bits per heavy atom. The van der Waals surface area contributed by atoms with Gasteiger partial charge in [-0.2, -0.15) is 0 Å². The van der Waals surface area contributed by atoms with Gasteiger partial charge in [-0.15, -0.1) is 0 Å². The lowest BCUT2D eigenvalue weighted by atomic mass is 10.2. The van der Waals surface area contributed by atoms with Crippen LogP contribution in [0.1, 0.15) is 13.8 Å². The number of amides is 2. The van der Waals surface area contributed by atoms with E-state index in [9.17, 15) is 9.59 Å². The maximum Gasteiger partial charge on any atom is 0.259 e. The van der Waals surface area contributed by atoms with E-state index in [1.807, 2.05) is 13.8 Å². The lowest BCUT2D eigenvalue weighted by Gasteiger charge is -2.12. The van der Waals surface area contributed by atoms with Gasteiger partial charge in [-0.3, -0.25) is 9.59 Å². The van der Waals surface area contributed by atoms with Crippen molar-refractivity contribution in [3.05, 3.63) is 24.3 Å². The molecule has 0 fully saturated rings. The van der Waals surface area contributed by atoms with Crippen molar-refractivity contribution in [1.29, 1.82) is 0 Å². The Morgan fingerprint density at radius 1 is 1.21 bits per heavy atom. The van der Waals surface area contributed by atoms with E-state index in [-0.39, 0.29) is 24.3 Å². The molecule has 5 nitrogen and oxygen atoms in total. The van der Waals surface area contributed by atoms with Crippen LogP contribution in [0.25, 0.3) is 0 Å². The summed E-state index contributed by atoms with van der Waals surface area (Å²) in [4.78, 5) is 24.3. The van der Waals surface area contributed by atoms with Crippen molar-refractivity contribution < 1.29 is 14.3 Å². The summed E-state index contributed by atoms with van der Waals surface area (Å²) in [7, 11) is 3.35. The van der Waals surface area contributed by atoms with Crippen molar-refractivity contribution in [2.75, 3.05) is 26.0 Å². The van der Waals surface area contributed by atoms with Crippen molar-refractivity contribution in [3.63, 3.8) is 0 Å². The summed E-state index contributed by atoms with van der Waals surface area (Å²) in [5.41, 5.74) is 0.713. The summed E-state index contributed by atoms with van der Waals surface area (Å²) in [5, 5.41) is 2.78. The molecule has 0 saturated heterocycles. The van der Waals surface area contributed by atoms with Crippen LogP contribution in [0.3, 0.4) is 0 Å². The Bertz CT molecular complexity index is 439. The van der Waals surface area contributed by atoms with Crippen LogP contribution in [0.5, 0.6) is 5.75 Å². The second-order valence-electron chi connectivity index (χ2n) is 4.75. The molecule has 0 saturated carbocycles. The van der Waals surface area contributed by atoms with E-state index in [1.54, 1.807) is 38.4 Å². The maximum absolute atomic E-state index is 11.5. The molecule has 1 aromatic rings. The standard InChI is InChI=1S/C14H20N2O3/c1-10(2)14(18)15-11-5-7-12(8-6-11)19-9-13(17)16(3)4/h5-8,10H,9H2,1-4H3,(H,15,18). The highest BCUT2D eigenvalue weighted by Crippen LogP contribution is 2.16. The van der Waals surface area contributed by atoms with E-state index in [0.29, 0.717) is 11.4 Å². The molecule has 0 aliphatic carbocycles. The second-order valence-corrected chi connectivity index (χ2v) is 4.75. The predicted molar refractivity (Wildman–Crippen MR) is 74.1 cm³/mol. The van der Waals surface area contributed by atoms with Crippen LogP contribution >= 0.6 is 0 Å². The highest BCUT2D eigenvalue weighted by atomic mass is 16.5. The molecule has 1 aromatic carbocycles. The zero-order chi connectivity index (χ0) is 14.4. The fraction of sp³-hybridized carbons (Fsp3) is 0.429. The highest BCUT2D eigenvalue weighted by molar-refractivity contribution is 5.92. The van der Waals surface area contributed by atoms with Crippen LogP contribution in [0, 0.1) is 5.92 Å². The summed E-state index contributed by atoms with van der Waals surface area (Å²) < 4.78 is 5.33. The van der Waals surface area contributed by atoms with E-state index in [0.717, 1.165) is 0 Å². The first-order valence-corrected chi connectivity index (χ1v) is 6.14. The van der Waals surface area contributed by atoms with Gasteiger partial charge in [0.2, 0.25) is 5.91 Å². The number of benzene rings is 1. The SMILES string of the molecule is CC(C)C(=O)Nc1ccc(OCC(=O)N(C)C)cc1. The number of ether oxygens (including phenoxy) is 1. The Balaban J connectivity index is 2.52. The topological polar surface area (TPSA) is 58.6 Å². The quantitative estimate of drug-likeness (QED) is 0.881. The first-order valence-electron chi connectivity index (χ1n) is 6.14. The third-order valence-corrected chi connectivity index (χ3v) is 2.51. The molecule has 1 N–H and O–H groups in total. The molecule has 5 heteroatoms. The number of carbonyl (C=O) groups excluding carboxylic acids is 2. The molecule has 0 radical (unpaired) electrons. The van der Waals surface area contributed by atoms with E-state index in [1.165, 1.54) is 4.90 Å². The Kier molecular flexibility index (Phi) is 5.36. The van der Waals surface area contributed by atoms with Gasteiger partial charge in [-0.1, -0.05) is 13.8 Å². The zero-order valence-corrected chi connectivity index (χ0v) is 11.8. The van der Waals surface area contributed by atoms with Crippen LogP contribution < -0.4 is 10.1 Å². The van der Waals surface area contributed by atoms with E-state index < -0.39 is 0 Å². The molecule has 0 atom stereocenters. The molecular formula is C14H20N2O3. The van der Waals surface area contributed by atoms with Gasteiger partial charge < -0.3 is 15.0 Å². The predicted octanol–water partition coefficient (Wildman–Crippen LogP) is 1.75.